The molecule has 0 spiro atoms. The zero-order valence-electron chi connectivity index (χ0n) is 15.7. The van der Waals surface area contributed by atoms with Gasteiger partial charge in [-0.15, -0.1) is 0 Å². The number of rotatable bonds is 2. The molecule has 28 heavy (non-hydrogen) atoms. The van der Waals surface area contributed by atoms with E-state index in [4.69, 9.17) is 21.1 Å². The molecule has 0 fully saturated rings. The summed E-state index contributed by atoms with van der Waals surface area (Å²) >= 11 is 6.21. The number of halogens is 1. The minimum Gasteiger partial charge on any atom is -0.466 e. The van der Waals surface area contributed by atoms with E-state index in [1.807, 2.05) is 54.9 Å². The average Bonchev–Trinajstić information content (AvgIpc) is 3.24. The summed E-state index contributed by atoms with van der Waals surface area (Å²) in [5.41, 5.74) is 3.69. The highest BCUT2D eigenvalue weighted by atomic mass is 35.5. The molecule has 5 rings (SSSR count). The Hall–Kier alpha value is -2.79. The van der Waals surface area contributed by atoms with Crippen molar-refractivity contribution in [3.05, 3.63) is 76.0 Å². The van der Waals surface area contributed by atoms with Crippen LogP contribution in [-0.4, -0.2) is 15.6 Å². The fraction of sp³-hybridized carbons (Fsp3) is 0.273. The van der Waals surface area contributed by atoms with Gasteiger partial charge in [0.15, 0.2) is 0 Å². The Balaban J connectivity index is 1.75. The van der Waals surface area contributed by atoms with Gasteiger partial charge in [-0.3, -0.25) is 4.79 Å². The fourth-order valence-electron chi connectivity index (χ4n) is 4.38. The largest absolute Gasteiger partial charge is 0.466 e. The van der Waals surface area contributed by atoms with E-state index in [1.165, 1.54) is 0 Å². The van der Waals surface area contributed by atoms with Crippen molar-refractivity contribution >= 4 is 23.2 Å². The number of ketones is 1. The van der Waals surface area contributed by atoms with Gasteiger partial charge in [-0.05, 0) is 50.6 Å². The molecule has 0 bridgehead atoms. The first-order valence-electron chi connectivity index (χ1n) is 9.44. The maximum atomic E-state index is 12.9. The van der Waals surface area contributed by atoms with E-state index in [-0.39, 0.29) is 17.6 Å². The van der Waals surface area contributed by atoms with Gasteiger partial charge in [-0.2, -0.15) is 5.10 Å². The van der Waals surface area contributed by atoms with Gasteiger partial charge in [0, 0.05) is 22.7 Å². The summed E-state index contributed by atoms with van der Waals surface area (Å²) in [7, 11) is 0. The van der Waals surface area contributed by atoms with Crippen LogP contribution in [-0.2, 0) is 4.79 Å². The summed E-state index contributed by atoms with van der Waals surface area (Å²) in [5.74, 6) is 2.31. The van der Waals surface area contributed by atoms with Gasteiger partial charge in [-0.1, -0.05) is 23.7 Å². The molecule has 0 amide bonds. The van der Waals surface area contributed by atoms with Crippen LogP contribution in [0.3, 0.4) is 0 Å². The maximum absolute atomic E-state index is 12.9. The van der Waals surface area contributed by atoms with E-state index in [1.54, 1.807) is 0 Å². The molecule has 0 radical (unpaired) electrons. The van der Waals surface area contributed by atoms with Crippen LogP contribution >= 0.6 is 11.6 Å². The minimum absolute atomic E-state index is 0.183. The third kappa shape index (κ3) is 2.61. The lowest BCUT2D eigenvalue weighted by Gasteiger charge is -2.35. The second kappa shape index (κ2) is 6.38. The molecule has 2 aliphatic rings. The van der Waals surface area contributed by atoms with Gasteiger partial charge in [0.1, 0.15) is 23.1 Å². The van der Waals surface area contributed by atoms with Crippen molar-refractivity contribution in [2.45, 2.75) is 32.6 Å². The third-order valence-electron chi connectivity index (χ3n) is 5.57. The van der Waals surface area contributed by atoms with Crippen molar-refractivity contribution in [3.63, 3.8) is 0 Å². The zero-order valence-corrected chi connectivity index (χ0v) is 16.5. The van der Waals surface area contributed by atoms with E-state index in [9.17, 15) is 4.79 Å². The summed E-state index contributed by atoms with van der Waals surface area (Å²) in [6.45, 7) is 3.90. The molecule has 0 unspecified atom stereocenters. The van der Waals surface area contributed by atoms with Crippen molar-refractivity contribution < 1.29 is 9.21 Å². The van der Waals surface area contributed by atoms with Crippen molar-refractivity contribution in [1.29, 1.82) is 0 Å². The molecule has 6 heteroatoms. The number of anilines is 1. The SMILES string of the molecule is Cc1ccc([C@@H]2c3c(C)nn(-c4cccc(Cl)c4)c3NC3=CCCC(=O)[C@H]32)o1. The monoisotopic (exact) mass is 393 g/mol. The number of hydrogen-bond acceptors (Lipinski definition) is 4. The van der Waals surface area contributed by atoms with Crippen molar-refractivity contribution in [2.75, 3.05) is 5.32 Å². The smallest absolute Gasteiger partial charge is 0.143 e. The van der Waals surface area contributed by atoms with Crippen LogP contribution in [0.25, 0.3) is 5.69 Å². The molecule has 1 N–H and O–H groups in total. The maximum Gasteiger partial charge on any atom is 0.143 e. The quantitative estimate of drug-likeness (QED) is 0.653. The highest BCUT2D eigenvalue weighted by Crippen LogP contribution is 2.48. The number of aromatic nitrogens is 2. The lowest BCUT2D eigenvalue weighted by molar-refractivity contribution is -0.122. The number of carbonyl (C=O) groups excluding carboxylic acids is 1. The molecule has 1 aromatic carbocycles. The second-order valence-electron chi connectivity index (χ2n) is 7.43. The number of carbonyl (C=O) groups is 1. The molecule has 2 atom stereocenters. The molecular formula is C22H20ClN3O2. The van der Waals surface area contributed by atoms with Gasteiger partial charge in [0.2, 0.25) is 0 Å². The molecule has 1 aliphatic heterocycles. The van der Waals surface area contributed by atoms with Gasteiger partial charge < -0.3 is 9.73 Å². The number of furan rings is 1. The third-order valence-corrected chi connectivity index (χ3v) is 5.81. The molecule has 142 valence electrons. The number of nitrogens with one attached hydrogen (secondary N) is 1. The van der Waals surface area contributed by atoms with Gasteiger partial charge in [0.05, 0.1) is 23.2 Å². The Kier molecular flexibility index (Phi) is 3.95. The second-order valence-corrected chi connectivity index (χ2v) is 7.87. The van der Waals surface area contributed by atoms with Gasteiger partial charge >= 0.3 is 0 Å². The van der Waals surface area contributed by atoms with E-state index in [2.05, 4.69) is 11.4 Å². The number of fused-ring (bicyclic) bond motifs is 2. The summed E-state index contributed by atoms with van der Waals surface area (Å²) < 4.78 is 7.87. The van der Waals surface area contributed by atoms with Crippen LogP contribution in [0, 0.1) is 19.8 Å². The molecule has 3 heterocycles. The molecule has 5 nitrogen and oxygen atoms in total. The van der Waals surface area contributed by atoms with E-state index >= 15 is 0 Å². The van der Waals surface area contributed by atoms with Crippen LogP contribution in [0.1, 0.15) is 41.5 Å². The summed E-state index contributed by atoms with van der Waals surface area (Å²) in [4.78, 5) is 12.9. The summed E-state index contributed by atoms with van der Waals surface area (Å²) in [6.07, 6.45) is 3.44. The van der Waals surface area contributed by atoms with E-state index in [0.717, 1.165) is 46.4 Å². The normalized spacial score (nSPS) is 21.0. The standard InChI is InChI=1S/C22H20ClN3O2/c1-12-9-10-18(28-12)21-19-13(2)25-26(15-6-3-5-14(23)11-15)22(19)24-16-7-4-8-17(27)20(16)21/h3,5-7,9-11,20-21,24H,4,8H2,1-2H3/t20-,21+/m0/s1. The number of benzene rings is 1. The first kappa shape index (κ1) is 17.3. The number of hydrogen-bond donors (Lipinski definition) is 1. The van der Waals surface area contributed by atoms with E-state index in [0.29, 0.717) is 11.4 Å². The topological polar surface area (TPSA) is 60.1 Å². The molecule has 2 aromatic heterocycles. The molecule has 0 saturated heterocycles. The van der Waals surface area contributed by atoms with Crippen molar-refractivity contribution in [1.82, 2.24) is 9.78 Å². The number of aryl methyl sites for hydroxylation is 2. The van der Waals surface area contributed by atoms with Crippen molar-refractivity contribution in [2.24, 2.45) is 5.92 Å². The lowest BCUT2D eigenvalue weighted by Crippen LogP contribution is -2.35. The highest BCUT2D eigenvalue weighted by molar-refractivity contribution is 6.30. The Morgan fingerprint density at radius 3 is 2.82 bits per heavy atom. The van der Waals surface area contributed by atoms with Gasteiger partial charge in [-0.25, -0.2) is 4.68 Å². The summed E-state index contributed by atoms with van der Waals surface area (Å²) in [5, 5.41) is 8.93. The number of Topliss-reactive ketones (excluding diaryl/α,β-unsaturated/α-hetero) is 1. The zero-order chi connectivity index (χ0) is 19.4. The van der Waals surface area contributed by atoms with Crippen LogP contribution in [0.15, 0.2) is 52.6 Å². The predicted octanol–water partition coefficient (Wildman–Crippen LogP) is 5.16. The van der Waals surface area contributed by atoms with E-state index < -0.39 is 0 Å². The predicted molar refractivity (Wildman–Crippen MR) is 108 cm³/mol. The molecule has 3 aromatic rings. The van der Waals surface area contributed by atoms with Crippen LogP contribution < -0.4 is 5.32 Å². The molecule has 1 aliphatic carbocycles. The fourth-order valence-corrected chi connectivity index (χ4v) is 4.56. The highest BCUT2D eigenvalue weighted by Gasteiger charge is 2.44. The number of allylic oxidation sites excluding steroid dienone is 2. The Bertz CT molecular complexity index is 1120. The van der Waals surface area contributed by atoms with Crippen molar-refractivity contribution in [3.8, 4) is 5.69 Å². The van der Waals surface area contributed by atoms with Crippen LogP contribution in [0.2, 0.25) is 5.02 Å². The number of nitrogens with zero attached hydrogens (tertiary/aromatic N) is 2. The summed E-state index contributed by atoms with van der Waals surface area (Å²) in [6, 6.07) is 11.5. The van der Waals surface area contributed by atoms with Gasteiger partial charge in [0.25, 0.3) is 0 Å². The first-order valence-corrected chi connectivity index (χ1v) is 9.82. The first-order chi connectivity index (χ1) is 13.5. The van der Waals surface area contributed by atoms with Crippen LogP contribution in [0.5, 0.6) is 0 Å². The lowest BCUT2D eigenvalue weighted by atomic mass is 9.73. The molecular weight excluding hydrogens is 374 g/mol. The Morgan fingerprint density at radius 2 is 2.07 bits per heavy atom. The minimum atomic E-state index is -0.262. The van der Waals surface area contributed by atoms with Crippen LogP contribution in [0.4, 0.5) is 5.82 Å². The Labute approximate surface area is 168 Å². The molecule has 0 saturated carbocycles. The Morgan fingerprint density at radius 1 is 1.21 bits per heavy atom. The average molecular weight is 394 g/mol.